The van der Waals surface area contributed by atoms with Gasteiger partial charge in [-0.05, 0) is 73.7 Å². The quantitative estimate of drug-likeness (QED) is 0.274. The molecule has 1 aliphatic carbocycles. The van der Waals surface area contributed by atoms with E-state index in [9.17, 15) is 0 Å². The highest BCUT2D eigenvalue weighted by Crippen LogP contribution is 2.43. The number of rotatable bonds is 0. The third-order valence-electron chi connectivity index (χ3n) is 6.75. The number of fused-ring (bicyclic) bond motifs is 6. The van der Waals surface area contributed by atoms with E-state index in [0.29, 0.717) is 11.8 Å². The fourth-order valence-electron chi connectivity index (χ4n) is 4.83. The van der Waals surface area contributed by atoms with Crippen LogP contribution in [0.2, 0.25) is 0 Å². The molecule has 0 spiro atoms. The van der Waals surface area contributed by atoms with Gasteiger partial charge in [0.15, 0.2) is 0 Å². The van der Waals surface area contributed by atoms with Crippen LogP contribution in [-0.2, 0) is 6.42 Å². The maximum Gasteiger partial charge on any atom is 0.0154 e. The highest BCUT2D eigenvalue weighted by molar-refractivity contribution is 7.99. The van der Waals surface area contributed by atoms with Gasteiger partial charge in [-0.15, -0.1) is 11.8 Å². The summed E-state index contributed by atoms with van der Waals surface area (Å²) in [6.07, 6.45) is 1.15. The number of thioether (sulfide) groups is 1. The number of hydrogen-bond donors (Lipinski definition) is 0. The van der Waals surface area contributed by atoms with Gasteiger partial charge in [-0.2, -0.15) is 0 Å². The van der Waals surface area contributed by atoms with E-state index in [1.165, 1.54) is 54.3 Å². The molecule has 4 aromatic rings. The Morgan fingerprint density at radius 3 is 1.97 bits per heavy atom. The summed E-state index contributed by atoms with van der Waals surface area (Å²) in [7, 11) is 0. The van der Waals surface area contributed by atoms with Gasteiger partial charge < -0.3 is 0 Å². The van der Waals surface area contributed by atoms with Crippen LogP contribution in [0.25, 0.3) is 32.7 Å². The minimum Gasteiger partial charge on any atom is -0.125 e. The third kappa shape index (κ3) is 3.51. The molecule has 1 heterocycles. The van der Waals surface area contributed by atoms with Crippen molar-refractivity contribution in [2.75, 3.05) is 5.75 Å². The number of allylic oxidation sites excluding steroid dienone is 2. The van der Waals surface area contributed by atoms with Crippen molar-refractivity contribution < 1.29 is 0 Å². The van der Waals surface area contributed by atoms with Crippen LogP contribution >= 0.6 is 11.8 Å². The summed E-state index contributed by atoms with van der Waals surface area (Å²) < 4.78 is 0. The van der Waals surface area contributed by atoms with E-state index >= 15 is 0 Å². The third-order valence-corrected chi connectivity index (χ3v) is 8.07. The van der Waals surface area contributed by atoms with Crippen molar-refractivity contribution in [3.63, 3.8) is 0 Å². The second-order valence-electron chi connectivity index (χ2n) is 8.85. The molecule has 0 saturated carbocycles. The van der Waals surface area contributed by atoms with E-state index in [4.69, 9.17) is 0 Å². The monoisotopic (exact) mass is 420 g/mol. The van der Waals surface area contributed by atoms with Crippen LogP contribution in [0.5, 0.6) is 0 Å². The smallest absolute Gasteiger partial charge is 0.0154 e. The minimum atomic E-state index is 0.586. The van der Waals surface area contributed by atoms with Crippen molar-refractivity contribution in [3.05, 3.63) is 103 Å². The van der Waals surface area contributed by atoms with Crippen LogP contribution in [0, 0.1) is 11.8 Å². The topological polar surface area (TPSA) is 0 Å². The molecule has 2 aliphatic rings. The van der Waals surface area contributed by atoms with Crippen LogP contribution in [0.3, 0.4) is 0 Å². The molecule has 0 amide bonds. The molecule has 4 aromatic carbocycles. The second-order valence-corrected chi connectivity index (χ2v) is 9.91. The lowest BCUT2D eigenvalue weighted by atomic mass is 9.92. The summed E-state index contributed by atoms with van der Waals surface area (Å²) in [4.78, 5) is 1.39. The second kappa shape index (κ2) is 8.05. The zero-order valence-electron chi connectivity index (χ0n) is 18.3. The molecule has 2 unspecified atom stereocenters. The summed E-state index contributed by atoms with van der Waals surface area (Å²) in [6.45, 7) is 13.0. The molecule has 0 N–H and O–H groups in total. The van der Waals surface area contributed by atoms with Gasteiger partial charge in [0.25, 0.3) is 0 Å². The molecule has 1 aliphatic heterocycles. The standard InChI is InChI=1S/C15H14S.C15H14/c1-10-9-16-14-8-7-12-5-3-4-6-13(12)15(14)11(10)2;1-10-9-13-8-7-12-5-3-4-6-14(12)15(13)11(10)2/h3-8,10H,2,9H2,1H3;3-8,10H,2,9H2,1H3. The lowest BCUT2D eigenvalue weighted by Gasteiger charge is -2.25. The SMILES string of the molecule is C=C1c2c(ccc3ccccc23)CC1C.C=C1c2c(ccc3ccccc23)SCC1C. The average molecular weight is 421 g/mol. The largest absolute Gasteiger partial charge is 0.125 e. The number of hydrogen-bond acceptors (Lipinski definition) is 1. The molecule has 0 saturated heterocycles. The maximum atomic E-state index is 4.27. The van der Waals surface area contributed by atoms with Crippen molar-refractivity contribution in [1.29, 1.82) is 0 Å². The zero-order valence-corrected chi connectivity index (χ0v) is 19.1. The van der Waals surface area contributed by atoms with Gasteiger partial charge in [0.05, 0.1) is 0 Å². The van der Waals surface area contributed by atoms with Crippen molar-refractivity contribution in [2.45, 2.75) is 25.2 Å². The van der Waals surface area contributed by atoms with E-state index in [0.717, 1.165) is 12.2 Å². The summed E-state index contributed by atoms with van der Waals surface area (Å²) in [5.41, 5.74) is 6.85. The van der Waals surface area contributed by atoms with Crippen LogP contribution in [0.4, 0.5) is 0 Å². The van der Waals surface area contributed by atoms with Gasteiger partial charge in [-0.3, -0.25) is 0 Å². The molecule has 0 aromatic heterocycles. The van der Waals surface area contributed by atoms with Gasteiger partial charge >= 0.3 is 0 Å². The van der Waals surface area contributed by atoms with Gasteiger partial charge in [-0.1, -0.05) is 93.7 Å². The molecule has 2 atom stereocenters. The lowest BCUT2D eigenvalue weighted by Crippen LogP contribution is -2.08. The predicted molar refractivity (Wildman–Crippen MR) is 139 cm³/mol. The van der Waals surface area contributed by atoms with Crippen LogP contribution in [-0.4, -0.2) is 5.75 Å². The van der Waals surface area contributed by atoms with Crippen LogP contribution in [0.1, 0.15) is 30.5 Å². The summed E-state index contributed by atoms with van der Waals surface area (Å²) in [5.74, 6) is 2.35. The fourth-order valence-corrected chi connectivity index (χ4v) is 6.01. The molecule has 0 bridgehead atoms. The molecule has 0 nitrogen and oxygen atoms in total. The van der Waals surface area contributed by atoms with Crippen molar-refractivity contribution in [3.8, 4) is 0 Å². The summed E-state index contributed by atoms with van der Waals surface area (Å²) in [5, 5.41) is 5.36. The lowest BCUT2D eigenvalue weighted by molar-refractivity contribution is 0.782. The average Bonchev–Trinajstić information content (AvgIpc) is 3.10. The molecule has 0 fully saturated rings. The molecule has 1 heteroatoms. The van der Waals surface area contributed by atoms with Gasteiger partial charge in [0.1, 0.15) is 0 Å². The summed E-state index contributed by atoms with van der Waals surface area (Å²) >= 11 is 1.95. The molecular formula is C30H28S. The first-order valence-electron chi connectivity index (χ1n) is 11.1. The van der Waals surface area contributed by atoms with Crippen molar-refractivity contribution >= 4 is 44.5 Å². The predicted octanol–water partition coefficient (Wildman–Crippen LogP) is 8.64. The van der Waals surface area contributed by atoms with Crippen LogP contribution < -0.4 is 0 Å². The maximum absolute atomic E-state index is 4.27. The van der Waals surface area contributed by atoms with Crippen molar-refractivity contribution in [2.24, 2.45) is 11.8 Å². The Balaban J connectivity index is 0.000000132. The molecule has 154 valence electrons. The van der Waals surface area contributed by atoms with Crippen LogP contribution in [0.15, 0.2) is 90.8 Å². The van der Waals surface area contributed by atoms with Crippen molar-refractivity contribution in [1.82, 2.24) is 0 Å². The van der Waals surface area contributed by atoms with E-state index in [1.807, 2.05) is 11.8 Å². The minimum absolute atomic E-state index is 0.586. The first-order chi connectivity index (χ1) is 15.0. The van der Waals surface area contributed by atoms with E-state index in [-0.39, 0.29) is 0 Å². The Bertz CT molecular complexity index is 1330. The van der Waals surface area contributed by atoms with Gasteiger partial charge in [0, 0.05) is 10.6 Å². The Morgan fingerprint density at radius 1 is 0.677 bits per heavy atom. The fraction of sp³-hybridized carbons (Fsp3) is 0.200. The highest BCUT2D eigenvalue weighted by Gasteiger charge is 2.23. The van der Waals surface area contributed by atoms with Gasteiger partial charge in [-0.25, -0.2) is 0 Å². The van der Waals surface area contributed by atoms with Gasteiger partial charge in [0.2, 0.25) is 0 Å². The Hall–Kier alpha value is -2.77. The molecule has 31 heavy (non-hydrogen) atoms. The molecule has 6 rings (SSSR count). The summed E-state index contributed by atoms with van der Waals surface area (Å²) in [6, 6.07) is 26.1. The molecular weight excluding hydrogens is 392 g/mol. The number of benzene rings is 4. The normalized spacial score (nSPS) is 19.7. The Labute approximate surface area is 189 Å². The Morgan fingerprint density at radius 2 is 1.26 bits per heavy atom. The van der Waals surface area contributed by atoms with E-state index in [2.05, 4.69) is 99.8 Å². The molecule has 0 radical (unpaired) electrons. The van der Waals surface area contributed by atoms with E-state index in [1.54, 1.807) is 0 Å². The zero-order chi connectivity index (χ0) is 21.5. The first-order valence-corrected chi connectivity index (χ1v) is 12.1. The Kier molecular flexibility index (Phi) is 5.24. The van der Waals surface area contributed by atoms with E-state index < -0.39 is 0 Å². The highest BCUT2D eigenvalue weighted by atomic mass is 32.2. The first kappa shape index (κ1) is 20.2.